The van der Waals surface area contributed by atoms with Crippen LogP contribution in [0.1, 0.15) is 11.3 Å². The molecule has 1 aromatic carbocycles. The van der Waals surface area contributed by atoms with Crippen LogP contribution in [0.3, 0.4) is 0 Å². The van der Waals surface area contributed by atoms with Gasteiger partial charge < -0.3 is 14.3 Å². The Bertz CT molecular complexity index is 973. The minimum Gasteiger partial charge on any atom is -0.409 e. The lowest BCUT2D eigenvalue weighted by Gasteiger charge is -2.11. The molecule has 0 bridgehead atoms. The second-order valence-corrected chi connectivity index (χ2v) is 6.56. The Hall–Kier alpha value is -2.53. The summed E-state index contributed by atoms with van der Waals surface area (Å²) in [6.45, 7) is 1.70. The Morgan fingerprint density at radius 1 is 1.30 bits per heavy atom. The van der Waals surface area contributed by atoms with Crippen molar-refractivity contribution in [3.63, 3.8) is 0 Å². The molecule has 0 aliphatic rings. The van der Waals surface area contributed by atoms with E-state index in [4.69, 9.17) is 20.5 Å². The maximum Gasteiger partial charge on any atom is 0.416 e. The van der Waals surface area contributed by atoms with Crippen LogP contribution in [0.2, 0.25) is 5.02 Å². The average molecular weight is 419 g/mol. The van der Waals surface area contributed by atoms with Crippen molar-refractivity contribution in [3.05, 3.63) is 40.6 Å². The molecule has 27 heavy (non-hydrogen) atoms. The van der Waals surface area contributed by atoms with Crippen molar-refractivity contribution in [1.82, 2.24) is 15.4 Å². The number of nitrogens with one attached hydrogen (secondary N) is 1. The maximum absolute atomic E-state index is 12.8. The average Bonchev–Trinajstić information content (AvgIpc) is 3.22. The van der Waals surface area contributed by atoms with Gasteiger partial charge in [-0.2, -0.15) is 13.2 Å². The van der Waals surface area contributed by atoms with E-state index in [1.165, 1.54) is 0 Å². The molecule has 3 rings (SSSR count). The molecule has 142 valence electrons. The summed E-state index contributed by atoms with van der Waals surface area (Å²) in [5.74, 6) is -0.0739. The molecule has 1 amide bonds. The van der Waals surface area contributed by atoms with Gasteiger partial charge in [0.25, 0.3) is 11.1 Å². The van der Waals surface area contributed by atoms with Gasteiger partial charge in [0.1, 0.15) is 5.76 Å². The minimum atomic E-state index is -4.54. The summed E-state index contributed by atoms with van der Waals surface area (Å²) in [6.07, 6.45) is -4.54. The van der Waals surface area contributed by atoms with Crippen LogP contribution in [0.5, 0.6) is 0 Å². The number of alkyl halides is 3. The smallest absolute Gasteiger partial charge is 0.409 e. The highest BCUT2D eigenvalue weighted by molar-refractivity contribution is 7.99. The van der Waals surface area contributed by atoms with E-state index >= 15 is 0 Å². The molecule has 0 aliphatic carbocycles. The van der Waals surface area contributed by atoms with Crippen LogP contribution in [0.15, 0.2) is 38.4 Å². The number of halogens is 4. The Morgan fingerprint density at radius 3 is 2.74 bits per heavy atom. The van der Waals surface area contributed by atoms with E-state index in [1.54, 1.807) is 13.0 Å². The summed E-state index contributed by atoms with van der Waals surface area (Å²) >= 11 is 6.74. The molecular weight excluding hydrogens is 409 g/mol. The van der Waals surface area contributed by atoms with E-state index in [-0.39, 0.29) is 27.6 Å². The first-order chi connectivity index (χ1) is 12.7. The molecular formula is C15H10ClF3N4O3S. The zero-order valence-corrected chi connectivity index (χ0v) is 15.1. The Balaban J connectivity index is 1.61. The monoisotopic (exact) mass is 418 g/mol. The van der Waals surface area contributed by atoms with Crippen LogP contribution in [-0.4, -0.2) is 27.0 Å². The minimum absolute atomic E-state index is 0.0113. The summed E-state index contributed by atoms with van der Waals surface area (Å²) in [5.41, 5.74) is -0.701. The van der Waals surface area contributed by atoms with Gasteiger partial charge in [0.05, 0.1) is 22.0 Å². The van der Waals surface area contributed by atoms with Crippen LogP contribution >= 0.6 is 23.4 Å². The molecule has 0 saturated carbocycles. The van der Waals surface area contributed by atoms with Crippen molar-refractivity contribution in [1.29, 1.82) is 0 Å². The van der Waals surface area contributed by atoms with Gasteiger partial charge in [0.15, 0.2) is 5.69 Å². The standard InChI is InChI=1S/C15H10ClF3N4O3S/c1-7-4-11(23-26-7)13-21-22-14(25-13)27-6-12(24)20-10-5-8(15(17,18)19)2-3-9(10)16/h2-5H,6H2,1H3,(H,20,24). The second-order valence-electron chi connectivity index (χ2n) is 5.23. The second kappa shape index (κ2) is 7.61. The molecule has 12 heteroatoms. The number of rotatable bonds is 5. The van der Waals surface area contributed by atoms with Gasteiger partial charge in [-0.3, -0.25) is 4.79 Å². The quantitative estimate of drug-likeness (QED) is 0.612. The number of aryl methyl sites for hydroxylation is 1. The van der Waals surface area contributed by atoms with Crippen molar-refractivity contribution in [3.8, 4) is 11.6 Å². The highest BCUT2D eigenvalue weighted by Gasteiger charge is 2.31. The number of benzene rings is 1. The number of hydrogen-bond acceptors (Lipinski definition) is 7. The zero-order chi connectivity index (χ0) is 19.6. The fourth-order valence-corrected chi connectivity index (χ4v) is 2.68. The maximum atomic E-state index is 12.8. The molecule has 7 nitrogen and oxygen atoms in total. The number of anilines is 1. The van der Waals surface area contributed by atoms with E-state index in [2.05, 4.69) is 20.7 Å². The van der Waals surface area contributed by atoms with Crippen molar-refractivity contribution in [2.24, 2.45) is 0 Å². The third kappa shape index (κ3) is 4.80. The molecule has 0 atom stereocenters. The van der Waals surface area contributed by atoms with Crippen LogP contribution < -0.4 is 5.32 Å². The van der Waals surface area contributed by atoms with Gasteiger partial charge in [0.2, 0.25) is 5.91 Å². The van der Waals surface area contributed by atoms with Gasteiger partial charge in [0, 0.05) is 6.07 Å². The number of carbonyl (C=O) groups excluding carboxylic acids is 1. The van der Waals surface area contributed by atoms with Gasteiger partial charge in [-0.05, 0) is 25.1 Å². The number of aromatic nitrogens is 3. The topological polar surface area (TPSA) is 94.1 Å². The van der Waals surface area contributed by atoms with E-state index in [9.17, 15) is 18.0 Å². The van der Waals surface area contributed by atoms with E-state index in [0.717, 1.165) is 30.0 Å². The summed E-state index contributed by atoms with van der Waals surface area (Å²) in [4.78, 5) is 12.0. The van der Waals surface area contributed by atoms with Gasteiger partial charge in [-0.25, -0.2) is 0 Å². The number of nitrogens with zero attached hydrogens (tertiary/aromatic N) is 3. The molecule has 0 fully saturated rings. The first-order valence-corrected chi connectivity index (χ1v) is 8.65. The largest absolute Gasteiger partial charge is 0.416 e. The molecule has 1 N–H and O–H groups in total. The number of amides is 1. The molecule has 0 spiro atoms. The predicted octanol–water partition coefficient (Wildman–Crippen LogP) is 4.44. The lowest BCUT2D eigenvalue weighted by Crippen LogP contribution is -2.15. The Morgan fingerprint density at radius 2 is 2.07 bits per heavy atom. The Kier molecular flexibility index (Phi) is 5.42. The number of hydrogen-bond donors (Lipinski definition) is 1. The van der Waals surface area contributed by atoms with Crippen molar-refractivity contribution >= 4 is 35.0 Å². The summed E-state index contributed by atoms with van der Waals surface area (Å²) in [7, 11) is 0. The van der Waals surface area contributed by atoms with Gasteiger partial charge in [-0.15, -0.1) is 10.2 Å². The van der Waals surface area contributed by atoms with E-state index in [1.807, 2.05) is 0 Å². The fraction of sp³-hybridized carbons (Fsp3) is 0.200. The Labute approximate surface area is 159 Å². The normalized spacial score (nSPS) is 11.6. The van der Waals surface area contributed by atoms with Crippen LogP contribution in [0.4, 0.5) is 18.9 Å². The highest BCUT2D eigenvalue weighted by Crippen LogP contribution is 2.34. The van der Waals surface area contributed by atoms with Crippen LogP contribution in [0, 0.1) is 6.92 Å². The SMILES string of the molecule is Cc1cc(-c2nnc(SCC(=O)Nc3cc(C(F)(F)F)ccc3Cl)o2)no1. The lowest BCUT2D eigenvalue weighted by atomic mass is 10.2. The molecule has 0 saturated heterocycles. The first-order valence-electron chi connectivity index (χ1n) is 7.29. The number of carbonyl (C=O) groups is 1. The predicted molar refractivity (Wildman–Crippen MR) is 90.3 cm³/mol. The van der Waals surface area contributed by atoms with Crippen LogP contribution in [0.25, 0.3) is 11.6 Å². The van der Waals surface area contributed by atoms with E-state index < -0.39 is 17.6 Å². The summed E-state index contributed by atoms with van der Waals surface area (Å²) < 4.78 is 48.5. The molecule has 2 heterocycles. The fourth-order valence-electron chi connectivity index (χ4n) is 1.95. The molecule has 3 aromatic rings. The molecule has 0 aliphatic heterocycles. The lowest BCUT2D eigenvalue weighted by molar-refractivity contribution is -0.137. The summed E-state index contributed by atoms with van der Waals surface area (Å²) in [5, 5.41) is 13.7. The molecule has 2 aromatic heterocycles. The first kappa shape index (κ1) is 19.2. The third-order valence-corrected chi connectivity index (χ3v) is 4.30. The molecule has 0 radical (unpaired) electrons. The van der Waals surface area contributed by atoms with Gasteiger partial charge in [-0.1, -0.05) is 28.5 Å². The van der Waals surface area contributed by atoms with Crippen LogP contribution in [-0.2, 0) is 11.0 Å². The van der Waals surface area contributed by atoms with Crippen molar-refractivity contribution < 1.29 is 26.9 Å². The van der Waals surface area contributed by atoms with Gasteiger partial charge >= 0.3 is 6.18 Å². The number of thioether (sulfide) groups is 1. The summed E-state index contributed by atoms with van der Waals surface area (Å²) in [6, 6.07) is 4.27. The van der Waals surface area contributed by atoms with Crippen molar-refractivity contribution in [2.45, 2.75) is 18.3 Å². The molecule has 0 unspecified atom stereocenters. The van der Waals surface area contributed by atoms with E-state index in [0.29, 0.717) is 11.5 Å². The zero-order valence-electron chi connectivity index (χ0n) is 13.5. The van der Waals surface area contributed by atoms with Crippen molar-refractivity contribution in [2.75, 3.05) is 11.1 Å². The third-order valence-electron chi connectivity index (χ3n) is 3.15. The highest BCUT2D eigenvalue weighted by atomic mass is 35.5.